The molecule has 1 heterocycles. The topological polar surface area (TPSA) is 78.9 Å². The van der Waals surface area contributed by atoms with Crippen molar-refractivity contribution in [1.82, 2.24) is 10.2 Å². The first kappa shape index (κ1) is 19.2. The van der Waals surface area contributed by atoms with E-state index >= 15 is 0 Å². The lowest BCUT2D eigenvalue weighted by molar-refractivity contribution is -0.144. The number of nitrogens with one attached hydrogen (secondary N) is 1. The minimum absolute atomic E-state index is 0.0126. The third-order valence-corrected chi connectivity index (χ3v) is 4.24. The number of carboxylic acids is 1. The highest BCUT2D eigenvalue weighted by molar-refractivity contribution is 5.75. The smallest absolute Gasteiger partial charge is 0.407 e. The molecule has 138 valence electrons. The minimum Gasteiger partial charge on any atom is -0.480 e. The van der Waals surface area contributed by atoms with Crippen LogP contribution in [0.5, 0.6) is 0 Å². The molecule has 0 unspecified atom stereocenters. The Kier molecular flexibility index (Phi) is 6.06. The highest BCUT2D eigenvalue weighted by Gasteiger charge is 2.31. The monoisotopic (exact) mass is 348 g/mol. The van der Waals surface area contributed by atoms with Crippen LogP contribution >= 0.6 is 0 Å². The third kappa shape index (κ3) is 5.74. The number of likely N-dealkylation sites (tertiary alicyclic amines) is 1. The van der Waals surface area contributed by atoms with Crippen molar-refractivity contribution < 1.29 is 19.4 Å². The van der Waals surface area contributed by atoms with Crippen LogP contribution < -0.4 is 5.32 Å². The van der Waals surface area contributed by atoms with Gasteiger partial charge in [-0.15, -0.1) is 0 Å². The molecular weight excluding hydrogens is 320 g/mol. The van der Waals surface area contributed by atoms with E-state index in [0.717, 1.165) is 11.1 Å². The van der Waals surface area contributed by atoms with Crippen LogP contribution in [0.2, 0.25) is 0 Å². The maximum atomic E-state index is 11.9. The first-order chi connectivity index (χ1) is 11.7. The van der Waals surface area contributed by atoms with E-state index in [-0.39, 0.29) is 6.04 Å². The fraction of sp³-hybridized carbons (Fsp3) is 0.579. The highest BCUT2D eigenvalue weighted by atomic mass is 16.6. The van der Waals surface area contributed by atoms with Gasteiger partial charge < -0.3 is 15.2 Å². The Morgan fingerprint density at radius 1 is 1.20 bits per heavy atom. The first-order valence-corrected chi connectivity index (χ1v) is 8.68. The number of benzene rings is 1. The van der Waals surface area contributed by atoms with E-state index < -0.39 is 23.7 Å². The number of hydrogen-bond acceptors (Lipinski definition) is 4. The number of aryl methyl sites for hydroxylation is 1. The lowest BCUT2D eigenvalue weighted by atomic mass is 9.98. The molecule has 1 aliphatic rings. The van der Waals surface area contributed by atoms with E-state index in [0.29, 0.717) is 25.9 Å². The van der Waals surface area contributed by atoms with Gasteiger partial charge in [-0.2, -0.15) is 0 Å². The maximum Gasteiger partial charge on any atom is 0.407 e. The number of alkyl carbamates (subject to hydrolysis) is 1. The predicted octanol–water partition coefficient (Wildman–Crippen LogP) is 3.11. The van der Waals surface area contributed by atoms with Crippen LogP contribution in [0.25, 0.3) is 0 Å². The molecule has 6 nitrogen and oxygen atoms in total. The number of nitrogens with zero attached hydrogens (tertiary/aromatic N) is 1. The molecule has 2 N–H and O–H groups in total. The average molecular weight is 348 g/mol. The molecule has 1 amide bonds. The van der Waals surface area contributed by atoms with Gasteiger partial charge in [0.15, 0.2) is 0 Å². The molecule has 25 heavy (non-hydrogen) atoms. The summed E-state index contributed by atoms with van der Waals surface area (Å²) in [5.41, 5.74) is 1.37. The predicted molar refractivity (Wildman–Crippen MR) is 95.5 cm³/mol. The standard InChI is InChI=1S/C19H28N2O4/c1-13-5-7-14(8-6-13)16(17(22)23)21-11-9-15(10-12-21)20-18(24)25-19(2,3)4/h5-8,15-16H,9-12H2,1-4H3,(H,20,24)(H,22,23)/t16-/m1/s1. The van der Waals surface area contributed by atoms with Crippen LogP contribution in [0, 0.1) is 6.92 Å². The van der Waals surface area contributed by atoms with E-state index in [9.17, 15) is 14.7 Å². The fourth-order valence-electron chi connectivity index (χ4n) is 3.03. The zero-order valence-electron chi connectivity index (χ0n) is 15.4. The number of aliphatic carboxylic acids is 1. The summed E-state index contributed by atoms with van der Waals surface area (Å²) in [4.78, 5) is 25.6. The summed E-state index contributed by atoms with van der Waals surface area (Å²) in [7, 11) is 0. The Labute approximate surface area is 149 Å². The Morgan fingerprint density at radius 3 is 2.24 bits per heavy atom. The fourth-order valence-corrected chi connectivity index (χ4v) is 3.03. The number of carbonyl (C=O) groups is 2. The van der Waals surface area contributed by atoms with Crippen LogP contribution in [-0.2, 0) is 9.53 Å². The summed E-state index contributed by atoms with van der Waals surface area (Å²) >= 11 is 0. The van der Waals surface area contributed by atoms with Crippen molar-refractivity contribution in [2.75, 3.05) is 13.1 Å². The number of carbonyl (C=O) groups excluding carboxylic acids is 1. The van der Waals surface area contributed by atoms with Gasteiger partial charge in [0.05, 0.1) is 0 Å². The van der Waals surface area contributed by atoms with Crippen molar-refractivity contribution in [3.63, 3.8) is 0 Å². The molecule has 0 aliphatic carbocycles. The van der Waals surface area contributed by atoms with Crippen LogP contribution in [0.4, 0.5) is 4.79 Å². The SMILES string of the molecule is Cc1ccc([C@H](C(=O)O)N2CCC(NC(=O)OC(C)(C)C)CC2)cc1. The normalized spacial score (nSPS) is 17.8. The van der Waals surface area contributed by atoms with Gasteiger partial charge in [-0.25, -0.2) is 4.79 Å². The Morgan fingerprint density at radius 2 is 1.76 bits per heavy atom. The van der Waals surface area contributed by atoms with E-state index in [4.69, 9.17) is 4.74 Å². The molecule has 1 aromatic carbocycles. The van der Waals surface area contributed by atoms with Crippen molar-refractivity contribution in [2.45, 2.75) is 58.2 Å². The van der Waals surface area contributed by atoms with Gasteiger partial charge in [0.25, 0.3) is 0 Å². The van der Waals surface area contributed by atoms with Gasteiger partial charge in [0.2, 0.25) is 0 Å². The summed E-state index contributed by atoms with van der Waals surface area (Å²) in [6.07, 6.45) is 0.989. The molecule has 1 fully saturated rings. The summed E-state index contributed by atoms with van der Waals surface area (Å²) in [5, 5.41) is 12.5. The summed E-state index contributed by atoms with van der Waals surface area (Å²) in [5.74, 6) is -0.845. The number of rotatable bonds is 4. The Hall–Kier alpha value is -2.08. The number of ether oxygens (including phenoxy) is 1. The lowest BCUT2D eigenvalue weighted by Crippen LogP contribution is -2.48. The minimum atomic E-state index is -0.845. The van der Waals surface area contributed by atoms with Crippen LogP contribution in [-0.4, -0.2) is 46.8 Å². The molecule has 2 rings (SSSR count). The van der Waals surface area contributed by atoms with E-state index in [2.05, 4.69) is 5.32 Å². The van der Waals surface area contributed by atoms with Crippen molar-refractivity contribution in [3.05, 3.63) is 35.4 Å². The molecule has 1 aliphatic heterocycles. The number of piperidine rings is 1. The van der Waals surface area contributed by atoms with Gasteiger partial charge in [0, 0.05) is 19.1 Å². The Bertz CT molecular complexity index is 599. The number of amides is 1. The summed E-state index contributed by atoms with van der Waals surface area (Å²) in [6, 6.07) is 6.98. The van der Waals surface area contributed by atoms with Gasteiger partial charge in [0.1, 0.15) is 11.6 Å². The molecular formula is C19H28N2O4. The second kappa shape index (κ2) is 7.87. The molecule has 1 saturated heterocycles. The molecule has 1 atom stereocenters. The average Bonchev–Trinajstić information content (AvgIpc) is 2.49. The van der Waals surface area contributed by atoms with Crippen molar-refractivity contribution in [2.24, 2.45) is 0 Å². The maximum absolute atomic E-state index is 11.9. The molecule has 0 aromatic heterocycles. The second-order valence-corrected chi connectivity index (χ2v) is 7.61. The Balaban J connectivity index is 1.94. The highest BCUT2D eigenvalue weighted by Crippen LogP contribution is 2.25. The van der Waals surface area contributed by atoms with Crippen LogP contribution in [0.15, 0.2) is 24.3 Å². The second-order valence-electron chi connectivity index (χ2n) is 7.61. The molecule has 6 heteroatoms. The van der Waals surface area contributed by atoms with Crippen LogP contribution in [0.3, 0.4) is 0 Å². The van der Waals surface area contributed by atoms with Crippen molar-refractivity contribution >= 4 is 12.1 Å². The molecule has 0 spiro atoms. The number of carboxylic acid groups (broad SMARTS) is 1. The molecule has 1 aromatic rings. The summed E-state index contributed by atoms with van der Waals surface area (Å²) < 4.78 is 5.28. The van der Waals surface area contributed by atoms with E-state index in [1.807, 2.05) is 56.9 Å². The molecule has 0 radical (unpaired) electrons. The van der Waals surface area contributed by atoms with Gasteiger partial charge in [-0.3, -0.25) is 9.69 Å². The first-order valence-electron chi connectivity index (χ1n) is 8.68. The van der Waals surface area contributed by atoms with Crippen molar-refractivity contribution in [3.8, 4) is 0 Å². The molecule has 0 saturated carbocycles. The zero-order chi connectivity index (χ0) is 18.6. The molecule has 0 bridgehead atoms. The number of hydrogen-bond donors (Lipinski definition) is 2. The lowest BCUT2D eigenvalue weighted by Gasteiger charge is -2.36. The summed E-state index contributed by atoms with van der Waals surface area (Å²) in [6.45, 7) is 8.70. The van der Waals surface area contributed by atoms with Crippen molar-refractivity contribution in [1.29, 1.82) is 0 Å². The zero-order valence-corrected chi connectivity index (χ0v) is 15.4. The quantitative estimate of drug-likeness (QED) is 0.874. The largest absolute Gasteiger partial charge is 0.480 e. The van der Waals surface area contributed by atoms with Gasteiger partial charge >= 0.3 is 12.1 Å². The third-order valence-electron chi connectivity index (χ3n) is 4.24. The van der Waals surface area contributed by atoms with E-state index in [1.165, 1.54) is 0 Å². The van der Waals surface area contributed by atoms with Gasteiger partial charge in [-0.05, 0) is 46.1 Å². The van der Waals surface area contributed by atoms with E-state index in [1.54, 1.807) is 0 Å². The van der Waals surface area contributed by atoms with Crippen LogP contribution in [0.1, 0.15) is 50.8 Å². The van der Waals surface area contributed by atoms with Gasteiger partial charge in [-0.1, -0.05) is 29.8 Å².